The number of nitrogens with zero attached hydrogens (tertiary/aromatic N) is 3. The van der Waals surface area contributed by atoms with Crippen LogP contribution in [0.5, 0.6) is 0 Å². The van der Waals surface area contributed by atoms with Gasteiger partial charge in [0, 0.05) is 13.6 Å². The Morgan fingerprint density at radius 2 is 2.21 bits per heavy atom. The lowest BCUT2D eigenvalue weighted by atomic mass is 10.2. The number of rotatable bonds is 6. The van der Waals surface area contributed by atoms with Crippen LogP contribution in [0.25, 0.3) is 0 Å². The molecule has 104 valence electrons. The van der Waals surface area contributed by atoms with Crippen molar-refractivity contribution in [2.75, 3.05) is 13.6 Å². The van der Waals surface area contributed by atoms with E-state index in [4.69, 9.17) is 11.6 Å². The summed E-state index contributed by atoms with van der Waals surface area (Å²) in [5.74, 6) is -0.410. The maximum Gasteiger partial charge on any atom is 0.300 e. The van der Waals surface area contributed by atoms with Gasteiger partial charge in [0.1, 0.15) is 16.9 Å². The number of carbonyl (C=O) groups is 1. The van der Waals surface area contributed by atoms with Crippen molar-refractivity contribution in [1.82, 2.24) is 9.88 Å². The molecule has 0 saturated carbocycles. The molecule has 0 aliphatic rings. The van der Waals surface area contributed by atoms with Crippen molar-refractivity contribution in [3.05, 3.63) is 33.1 Å². The standard InChI is InChI=1S/C12H16ClN3O3/c1-3-4-5-6-15(2)12(17)9-7-11(13)14-8-10(9)16(18)19/h7-8H,3-6H2,1-2H3. The number of pyridine rings is 1. The van der Waals surface area contributed by atoms with Crippen molar-refractivity contribution in [3.63, 3.8) is 0 Å². The molecule has 1 rings (SSSR count). The van der Waals surface area contributed by atoms with E-state index in [9.17, 15) is 14.9 Å². The Morgan fingerprint density at radius 1 is 1.53 bits per heavy atom. The number of halogens is 1. The minimum absolute atomic E-state index is 0.0241. The SMILES string of the molecule is CCCCCN(C)C(=O)c1cc(Cl)ncc1[N+](=O)[O-]. The monoisotopic (exact) mass is 285 g/mol. The Balaban J connectivity index is 2.91. The van der Waals surface area contributed by atoms with Gasteiger partial charge < -0.3 is 4.90 Å². The van der Waals surface area contributed by atoms with Crippen molar-refractivity contribution in [2.45, 2.75) is 26.2 Å². The van der Waals surface area contributed by atoms with Crippen LogP contribution in [0.3, 0.4) is 0 Å². The number of hydrogen-bond acceptors (Lipinski definition) is 4. The summed E-state index contributed by atoms with van der Waals surface area (Å²) in [5.41, 5.74) is -0.347. The molecule has 0 unspecified atom stereocenters. The Labute approximate surface area is 116 Å². The third-order valence-corrected chi connectivity index (χ3v) is 2.93. The molecule has 0 bridgehead atoms. The van der Waals surface area contributed by atoms with Gasteiger partial charge in [0.15, 0.2) is 0 Å². The molecule has 0 saturated heterocycles. The first-order chi connectivity index (χ1) is 8.97. The molecule has 0 aromatic carbocycles. The predicted molar refractivity (Wildman–Crippen MR) is 72.4 cm³/mol. The molecule has 1 heterocycles. The average molecular weight is 286 g/mol. The van der Waals surface area contributed by atoms with Crippen LogP contribution in [0.1, 0.15) is 36.5 Å². The number of nitro groups is 1. The molecule has 6 nitrogen and oxygen atoms in total. The first-order valence-corrected chi connectivity index (χ1v) is 6.40. The highest BCUT2D eigenvalue weighted by atomic mass is 35.5. The molecule has 1 aromatic heterocycles. The second-order valence-corrected chi connectivity index (χ2v) is 4.60. The number of aromatic nitrogens is 1. The van der Waals surface area contributed by atoms with E-state index in [1.165, 1.54) is 11.0 Å². The third-order valence-electron chi connectivity index (χ3n) is 2.72. The van der Waals surface area contributed by atoms with E-state index in [-0.39, 0.29) is 16.4 Å². The van der Waals surface area contributed by atoms with Gasteiger partial charge in [0.05, 0.1) is 4.92 Å². The minimum Gasteiger partial charge on any atom is -0.341 e. The molecule has 0 aliphatic carbocycles. The third kappa shape index (κ3) is 4.17. The molecule has 0 N–H and O–H groups in total. The lowest BCUT2D eigenvalue weighted by Crippen LogP contribution is -2.28. The highest BCUT2D eigenvalue weighted by molar-refractivity contribution is 6.29. The zero-order valence-electron chi connectivity index (χ0n) is 10.9. The molecule has 0 aliphatic heterocycles. The lowest BCUT2D eigenvalue weighted by Gasteiger charge is -2.16. The maximum absolute atomic E-state index is 12.2. The van der Waals surface area contributed by atoms with Gasteiger partial charge in [0.25, 0.3) is 11.6 Å². The van der Waals surface area contributed by atoms with Crippen LogP contribution in [0.15, 0.2) is 12.3 Å². The first kappa shape index (κ1) is 15.4. The van der Waals surface area contributed by atoms with Gasteiger partial charge in [-0.2, -0.15) is 0 Å². The zero-order chi connectivity index (χ0) is 14.4. The second kappa shape index (κ2) is 7.04. The van der Waals surface area contributed by atoms with Crippen molar-refractivity contribution in [2.24, 2.45) is 0 Å². The summed E-state index contributed by atoms with van der Waals surface area (Å²) in [7, 11) is 1.62. The van der Waals surface area contributed by atoms with E-state index in [0.29, 0.717) is 6.54 Å². The number of unbranched alkanes of at least 4 members (excludes halogenated alkanes) is 2. The summed E-state index contributed by atoms with van der Waals surface area (Å²) in [6.07, 6.45) is 3.93. The van der Waals surface area contributed by atoms with Crippen molar-refractivity contribution in [1.29, 1.82) is 0 Å². The molecule has 1 amide bonds. The smallest absolute Gasteiger partial charge is 0.300 e. The summed E-state index contributed by atoms with van der Waals surface area (Å²) in [4.78, 5) is 27.5. The Hall–Kier alpha value is -1.69. The normalized spacial score (nSPS) is 10.3. The summed E-state index contributed by atoms with van der Waals surface area (Å²) in [5, 5.41) is 10.9. The van der Waals surface area contributed by atoms with Crippen molar-refractivity contribution >= 4 is 23.2 Å². The summed E-state index contributed by atoms with van der Waals surface area (Å²) in [6.45, 7) is 2.62. The molecule has 7 heteroatoms. The Morgan fingerprint density at radius 3 is 2.79 bits per heavy atom. The highest BCUT2D eigenvalue weighted by Gasteiger charge is 2.23. The van der Waals surface area contributed by atoms with Crippen LogP contribution in [0, 0.1) is 10.1 Å². The van der Waals surface area contributed by atoms with Crippen LogP contribution < -0.4 is 0 Å². The Bertz CT molecular complexity index is 479. The molecule has 19 heavy (non-hydrogen) atoms. The fourth-order valence-corrected chi connectivity index (χ4v) is 1.80. The molecule has 0 fully saturated rings. The van der Waals surface area contributed by atoms with Crippen LogP contribution in [-0.2, 0) is 0 Å². The van der Waals surface area contributed by atoms with E-state index in [0.717, 1.165) is 25.5 Å². The molecule has 0 spiro atoms. The van der Waals surface area contributed by atoms with Gasteiger partial charge in [-0.05, 0) is 12.5 Å². The van der Waals surface area contributed by atoms with E-state index in [1.54, 1.807) is 7.05 Å². The quantitative estimate of drug-likeness (QED) is 0.348. The molecular formula is C12H16ClN3O3. The van der Waals surface area contributed by atoms with Gasteiger partial charge in [-0.25, -0.2) is 4.98 Å². The van der Waals surface area contributed by atoms with Crippen LogP contribution in [0.4, 0.5) is 5.69 Å². The minimum atomic E-state index is -0.629. The van der Waals surface area contributed by atoms with E-state index in [1.807, 2.05) is 0 Å². The summed E-state index contributed by atoms with van der Waals surface area (Å²) >= 11 is 5.69. The van der Waals surface area contributed by atoms with E-state index >= 15 is 0 Å². The molecule has 0 atom stereocenters. The van der Waals surface area contributed by atoms with Crippen molar-refractivity contribution < 1.29 is 9.72 Å². The molecule has 0 radical (unpaired) electrons. The number of carbonyl (C=O) groups excluding carboxylic acids is 1. The zero-order valence-corrected chi connectivity index (χ0v) is 11.7. The fourth-order valence-electron chi connectivity index (χ4n) is 1.65. The summed E-state index contributed by atoms with van der Waals surface area (Å²) in [6, 6.07) is 1.23. The molecule has 1 aromatic rings. The van der Waals surface area contributed by atoms with Gasteiger partial charge in [-0.1, -0.05) is 31.4 Å². The van der Waals surface area contributed by atoms with E-state index < -0.39 is 10.8 Å². The highest BCUT2D eigenvalue weighted by Crippen LogP contribution is 2.21. The van der Waals surface area contributed by atoms with Gasteiger partial charge in [-0.15, -0.1) is 0 Å². The van der Waals surface area contributed by atoms with Gasteiger partial charge >= 0.3 is 0 Å². The van der Waals surface area contributed by atoms with Gasteiger partial charge in [0.2, 0.25) is 0 Å². The lowest BCUT2D eigenvalue weighted by molar-refractivity contribution is -0.385. The fraction of sp³-hybridized carbons (Fsp3) is 0.500. The largest absolute Gasteiger partial charge is 0.341 e. The van der Waals surface area contributed by atoms with Crippen LogP contribution in [-0.4, -0.2) is 34.3 Å². The topological polar surface area (TPSA) is 76.3 Å². The number of hydrogen-bond donors (Lipinski definition) is 0. The first-order valence-electron chi connectivity index (χ1n) is 6.02. The molecular weight excluding hydrogens is 270 g/mol. The van der Waals surface area contributed by atoms with Crippen molar-refractivity contribution in [3.8, 4) is 0 Å². The second-order valence-electron chi connectivity index (χ2n) is 4.22. The summed E-state index contributed by atoms with van der Waals surface area (Å²) < 4.78 is 0. The average Bonchev–Trinajstić information content (AvgIpc) is 2.37. The Kier molecular flexibility index (Phi) is 5.69. The predicted octanol–water partition coefficient (Wildman–Crippen LogP) is 2.91. The van der Waals surface area contributed by atoms with Gasteiger partial charge in [-0.3, -0.25) is 14.9 Å². The number of amides is 1. The van der Waals surface area contributed by atoms with Crippen LogP contribution in [0.2, 0.25) is 5.15 Å². The van der Waals surface area contributed by atoms with E-state index in [2.05, 4.69) is 11.9 Å². The van der Waals surface area contributed by atoms with Crippen LogP contribution >= 0.6 is 11.6 Å². The maximum atomic E-state index is 12.2.